The van der Waals surface area contributed by atoms with Gasteiger partial charge in [0.15, 0.2) is 11.5 Å². The van der Waals surface area contributed by atoms with Crippen LogP contribution >= 0.6 is 0 Å². The number of rotatable bonds is 3. The minimum Gasteiger partial charge on any atom is -0.458 e. The molecule has 1 saturated carbocycles. The van der Waals surface area contributed by atoms with Crippen molar-refractivity contribution in [1.29, 1.82) is 5.26 Å². The number of benzene rings is 1. The Hall–Kier alpha value is -3.40. The van der Waals surface area contributed by atoms with E-state index >= 15 is 0 Å². The molecule has 2 aromatic heterocycles. The molecular weight excluding hydrogens is 512 g/mol. The number of hydrogen-bond donors (Lipinski definition) is 0. The molecule has 2 heterocycles. The standard InChI is InChI=1S/C34H46N4O3/c1-20-16-25(33(6,7)8)28(26(17-20)34(9,10)11)41-31(40)27-23(18-35)19-37-30(27)38(21(2)39)29(36-37)22-12-14-24(15-13-22)32(3,4)5/h12-15,19-20,25-26,28H,16-17H2,1-11H3. The molecule has 0 saturated heterocycles. The van der Waals surface area contributed by atoms with E-state index in [0.29, 0.717) is 11.7 Å². The van der Waals surface area contributed by atoms with Gasteiger partial charge in [0.2, 0.25) is 5.91 Å². The zero-order valence-corrected chi connectivity index (χ0v) is 26.6. The number of aromatic nitrogens is 3. The van der Waals surface area contributed by atoms with Crippen LogP contribution in [0.25, 0.3) is 17.0 Å². The number of hydrogen-bond acceptors (Lipinski definition) is 5. The van der Waals surface area contributed by atoms with Crippen molar-refractivity contribution in [2.24, 2.45) is 28.6 Å². The molecule has 1 aliphatic carbocycles. The molecule has 2 atom stereocenters. The van der Waals surface area contributed by atoms with Gasteiger partial charge in [-0.1, -0.05) is 93.5 Å². The van der Waals surface area contributed by atoms with Crippen LogP contribution in [0.4, 0.5) is 0 Å². The summed E-state index contributed by atoms with van der Waals surface area (Å²) in [5, 5.41) is 14.7. The Morgan fingerprint density at radius 2 is 1.49 bits per heavy atom. The zero-order chi connectivity index (χ0) is 30.7. The predicted octanol–water partition coefficient (Wildman–Crippen LogP) is 7.91. The lowest BCUT2D eigenvalue weighted by molar-refractivity contribution is -0.0922. The first-order valence-corrected chi connectivity index (χ1v) is 14.7. The summed E-state index contributed by atoms with van der Waals surface area (Å²) in [5.74, 6) is 0.351. The molecule has 0 N–H and O–H groups in total. The topological polar surface area (TPSA) is 89.4 Å². The van der Waals surface area contributed by atoms with Gasteiger partial charge in [0, 0.05) is 30.5 Å². The van der Waals surface area contributed by atoms with E-state index in [4.69, 9.17) is 4.74 Å². The molecule has 1 aromatic carbocycles. The Morgan fingerprint density at radius 3 is 1.93 bits per heavy atom. The lowest BCUT2D eigenvalue weighted by atomic mass is 9.59. The molecule has 0 spiro atoms. The van der Waals surface area contributed by atoms with E-state index in [-0.39, 0.29) is 56.9 Å². The smallest absolute Gasteiger partial charge is 0.343 e. The van der Waals surface area contributed by atoms with E-state index in [9.17, 15) is 14.9 Å². The molecule has 1 fully saturated rings. The molecule has 7 nitrogen and oxygen atoms in total. The molecule has 4 rings (SSSR count). The van der Waals surface area contributed by atoms with Crippen molar-refractivity contribution in [2.75, 3.05) is 0 Å². The quantitative estimate of drug-likeness (QED) is 0.305. The average Bonchev–Trinajstić information content (AvgIpc) is 3.38. The van der Waals surface area contributed by atoms with Crippen molar-refractivity contribution in [3.63, 3.8) is 0 Å². The summed E-state index contributed by atoms with van der Waals surface area (Å²) >= 11 is 0. The van der Waals surface area contributed by atoms with E-state index in [1.807, 2.05) is 24.3 Å². The highest BCUT2D eigenvalue weighted by Gasteiger charge is 2.48. The van der Waals surface area contributed by atoms with Gasteiger partial charge >= 0.3 is 5.97 Å². The van der Waals surface area contributed by atoms with Crippen molar-refractivity contribution in [3.8, 4) is 17.5 Å². The number of nitriles is 1. The number of ether oxygens (including phenoxy) is 1. The van der Waals surface area contributed by atoms with Crippen LogP contribution in [-0.4, -0.2) is 32.2 Å². The van der Waals surface area contributed by atoms with Crippen LogP contribution in [0.1, 0.15) is 115 Å². The van der Waals surface area contributed by atoms with Gasteiger partial charge < -0.3 is 4.74 Å². The maximum absolute atomic E-state index is 14.1. The fraction of sp³-hybridized carbons (Fsp3) is 0.588. The van der Waals surface area contributed by atoms with Gasteiger partial charge in [-0.2, -0.15) is 5.26 Å². The van der Waals surface area contributed by atoms with Crippen LogP contribution in [0.15, 0.2) is 30.5 Å². The highest BCUT2D eigenvalue weighted by molar-refractivity contribution is 6.02. The Kier molecular flexibility index (Phi) is 7.79. The van der Waals surface area contributed by atoms with E-state index in [0.717, 1.165) is 24.0 Å². The van der Waals surface area contributed by atoms with Gasteiger partial charge in [-0.3, -0.25) is 4.79 Å². The molecule has 1 aliphatic rings. The molecular formula is C34H46N4O3. The highest BCUT2D eigenvalue weighted by atomic mass is 16.5. The Morgan fingerprint density at radius 1 is 0.951 bits per heavy atom. The van der Waals surface area contributed by atoms with Gasteiger partial charge in [-0.15, -0.1) is 5.10 Å². The number of carbonyl (C=O) groups excluding carboxylic acids is 2. The van der Waals surface area contributed by atoms with Crippen LogP contribution in [0, 0.1) is 39.9 Å². The van der Waals surface area contributed by atoms with Gasteiger partial charge in [0.25, 0.3) is 0 Å². The predicted molar refractivity (Wildman–Crippen MR) is 162 cm³/mol. The second-order valence-electron chi connectivity index (χ2n) is 15.2. The first kappa shape index (κ1) is 30.6. The lowest BCUT2D eigenvalue weighted by Gasteiger charge is -2.50. The van der Waals surface area contributed by atoms with Crippen LogP contribution in [0.3, 0.4) is 0 Å². The fourth-order valence-electron chi connectivity index (χ4n) is 6.46. The SMILES string of the molecule is CC(=O)n1c(-c2ccc(C(C)(C)C)cc2)nn2cc(C#N)c(C(=O)OC3C(C(C)(C)C)CC(C)CC3C(C)(C)C)c12. The van der Waals surface area contributed by atoms with E-state index in [1.54, 1.807) is 0 Å². The first-order valence-electron chi connectivity index (χ1n) is 14.7. The molecule has 7 heteroatoms. The van der Waals surface area contributed by atoms with Gasteiger partial charge in [-0.05, 0) is 40.6 Å². The van der Waals surface area contributed by atoms with E-state index < -0.39 is 5.97 Å². The number of nitrogens with zero attached hydrogens (tertiary/aromatic N) is 4. The summed E-state index contributed by atoms with van der Waals surface area (Å²) in [5.41, 5.74) is 2.23. The maximum Gasteiger partial charge on any atom is 0.343 e. The Balaban J connectivity index is 1.84. The minimum atomic E-state index is -0.580. The monoisotopic (exact) mass is 558 g/mol. The third-order valence-electron chi connectivity index (χ3n) is 8.81. The second kappa shape index (κ2) is 10.5. The first-order chi connectivity index (χ1) is 18.8. The van der Waals surface area contributed by atoms with Crippen LogP contribution in [0.5, 0.6) is 0 Å². The van der Waals surface area contributed by atoms with E-state index in [2.05, 4.69) is 80.4 Å². The summed E-state index contributed by atoms with van der Waals surface area (Å²) in [6.07, 6.45) is 3.12. The molecule has 220 valence electrons. The normalized spacial score (nSPS) is 22.0. The van der Waals surface area contributed by atoms with Gasteiger partial charge in [0.1, 0.15) is 17.7 Å². The molecule has 0 bridgehead atoms. The molecule has 0 amide bonds. The van der Waals surface area contributed by atoms with Crippen LogP contribution in [0.2, 0.25) is 0 Å². The van der Waals surface area contributed by atoms with Crippen molar-refractivity contribution >= 4 is 17.5 Å². The molecule has 0 radical (unpaired) electrons. The lowest BCUT2D eigenvalue weighted by Crippen LogP contribution is -2.49. The number of fused-ring (bicyclic) bond motifs is 1. The second-order valence-corrected chi connectivity index (χ2v) is 15.2. The summed E-state index contributed by atoms with van der Waals surface area (Å²) in [6.45, 7) is 23.4. The van der Waals surface area contributed by atoms with Crippen molar-refractivity contribution in [2.45, 2.75) is 101 Å². The summed E-state index contributed by atoms with van der Waals surface area (Å²) < 4.78 is 9.35. The zero-order valence-electron chi connectivity index (χ0n) is 26.6. The van der Waals surface area contributed by atoms with E-state index in [1.165, 1.54) is 22.2 Å². The third kappa shape index (κ3) is 5.84. The van der Waals surface area contributed by atoms with Crippen molar-refractivity contribution in [3.05, 3.63) is 47.2 Å². The van der Waals surface area contributed by atoms with Gasteiger partial charge in [-0.25, -0.2) is 13.9 Å². The maximum atomic E-state index is 14.1. The van der Waals surface area contributed by atoms with Crippen molar-refractivity contribution < 1.29 is 14.3 Å². The molecule has 0 aliphatic heterocycles. The molecule has 2 unspecified atom stereocenters. The van der Waals surface area contributed by atoms with Crippen molar-refractivity contribution in [1.82, 2.24) is 14.2 Å². The summed E-state index contributed by atoms with van der Waals surface area (Å²) in [4.78, 5) is 27.2. The average molecular weight is 559 g/mol. The summed E-state index contributed by atoms with van der Waals surface area (Å²) in [6, 6.07) is 10.1. The minimum absolute atomic E-state index is 0.0209. The third-order valence-corrected chi connectivity index (χ3v) is 8.81. The van der Waals surface area contributed by atoms with Crippen LogP contribution < -0.4 is 0 Å². The highest BCUT2D eigenvalue weighted by Crippen LogP contribution is 2.50. The number of esters is 1. The Bertz CT molecular complexity index is 1470. The largest absolute Gasteiger partial charge is 0.458 e. The Labute approximate surface area is 244 Å². The van der Waals surface area contributed by atoms with Crippen LogP contribution in [-0.2, 0) is 10.2 Å². The molecule has 3 aromatic rings. The molecule has 41 heavy (non-hydrogen) atoms. The summed E-state index contributed by atoms with van der Waals surface area (Å²) in [7, 11) is 0. The number of carbonyl (C=O) groups is 2. The fourth-order valence-corrected chi connectivity index (χ4v) is 6.46. The van der Waals surface area contributed by atoms with Gasteiger partial charge in [0.05, 0.1) is 5.56 Å².